The van der Waals surface area contributed by atoms with Gasteiger partial charge in [-0.2, -0.15) is 0 Å². The van der Waals surface area contributed by atoms with Gasteiger partial charge in [0.15, 0.2) is 0 Å². The number of sulfonamides is 1. The van der Waals surface area contributed by atoms with Crippen LogP contribution in [0.25, 0.3) is 0 Å². The quantitative estimate of drug-likeness (QED) is 0.166. The second kappa shape index (κ2) is 15.4. The molecule has 0 spiro atoms. The molecule has 0 unspecified atom stereocenters. The van der Waals surface area contributed by atoms with Gasteiger partial charge in [-0.1, -0.05) is 71.8 Å². The Morgan fingerprint density at radius 2 is 1.55 bits per heavy atom. The summed E-state index contributed by atoms with van der Waals surface area (Å²) in [4.78, 5) is 30.0. The SMILES string of the molecule is COc1ccc(S(=O)(=O)N(CC(=O)N(Cc2ccc(Cl)cc2)[C@H](Cc2ccccc2)C(=O)NC(C)(C)C)c2ccc(C)cc2)cc1Br. The zero-order chi connectivity index (χ0) is 34.4. The Morgan fingerprint density at radius 1 is 0.915 bits per heavy atom. The van der Waals surface area contributed by atoms with Gasteiger partial charge < -0.3 is 15.0 Å². The van der Waals surface area contributed by atoms with E-state index in [4.69, 9.17) is 16.3 Å². The van der Waals surface area contributed by atoms with Gasteiger partial charge in [0, 0.05) is 23.5 Å². The number of benzene rings is 4. The minimum Gasteiger partial charge on any atom is -0.496 e. The fraction of sp³-hybridized carbons (Fsp3) is 0.278. The van der Waals surface area contributed by atoms with Crippen molar-refractivity contribution in [1.82, 2.24) is 10.2 Å². The molecule has 0 bridgehead atoms. The summed E-state index contributed by atoms with van der Waals surface area (Å²) in [6, 6.07) is 26.8. The van der Waals surface area contributed by atoms with Crippen molar-refractivity contribution < 1.29 is 22.7 Å². The maximum atomic E-state index is 14.6. The van der Waals surface area contributed by atoms with Crippen molar-refractivity contribution in [2.24, 2.45) is 0 Å². The molecule has 0 aliphatic heterocycles. The number of methoxy groups -OCH3 is 1. The highest BCUT2D eigenvalue weighted by Crippen LogP contribution is 2.31. The average Bonchev–Trinajstić information content (AvgIpc) is 3.02. The zero-order valence-corrected chi connectivity index (χ0v) is 30.2. The Hall–Kier alpha value is -3.86. The topological polar surface area (TPSA) is 96.0 Å². The summed E-state index contributed by atoms with van der Waals surface area (Å²) >= 11 is 9.55. The van der Waals surface area contributed by atoms with Crippen molar-refractivity contribution in [2.45, 2.75) is 57.1 Å². The first-order valence-electron chi connectivity index (χ1n) is 15.0. The van der Waals surface area contributed by atoms with E-state index >= 15 is 0 Å². The third-order valence-electron chi connectivity index (χ3n) is 7.35. The van der Waals surface area contributed by atoms with Gasteiger partial charge in [-0.3, -0.25) is 13.9 Å². The minimum atomic E-state index is -4.27. The summed E-state index contributed by atoms with van der Waals surface area (Å²) < 4.78 is 35.4. The molecule has 1 N–H and O–H groups in total. The lowest BCUT2D eigenvalue weighted by molar-refractivity contribution is -0.140. The highest BCUT2D eigenvalue weighted by atomic mass is 79.9. The van der Waals surface area contributed by atoms with Gasteiger partial charge in [-0.25, -0.2) is 8.42 Å². The summed E-state index contributed by atoms with van der Waals surface area (Å²) in [5, 5.41) is 3.56. The number of ether oxygens (including phenoxy) is 1. The van der Waals surface area contributed by atoms with E-state index in [1.54, 1.807) is 54.6 Å². The highest BCUT2D eigenvalue weighted by Gasteiger charge is 2.35. The Kier molecular flexibility index (Phi) is 11.8. The van der Waals surface area contributed by atoms with Crippen LogP contribution < -0.4 is 14.4 Å². The van der Waals surface area contributed by atoms with Gasteiger partial charge >= 0.3 is 0 Å². The van der Waals surface area contributed by atoms with Crippen LogP contribution in [0.4, 0.5) is 5.69 Å². The molecular weight excluding hydrogens is 702 g/mol. The number of hydrogen-bond acceptors (Lipinski definition) is 5. The van der Waals surface area contributed by atoms with Crippen molar-refractivity contribution in [3.8, 4) is 5.75 Å². The fourth-order valence-electron chi connectivity index (χ4n) is 4.97. The molecule has 8 nitrogen and oxygen atoms in total. The largest absolute Gasteiger partial charge is 0.496 e. The first-order chi connectivity index (χ1) is 22.2. The molecule has 0 aromatic heterocycles. The van der Waals surface area contributed by atoms with E-state index in [0.717, 1.165) is 21.0 Å². The summed E-state index contributed by atoms with van der Waals surface area (Å²) in [5.41, 5.74) is 2.23. The highest BCUT2D eigenvalue weighted by molar-refractivity contribution is 9.10. The van der Waals surface area contributed by atoms with E-state index in [1.165, 1.54) is 24.1 Å². The van der Waals surface area contributed by atoms with Gasteiger partial charge in [0.1, 0.15) is 18.3 Å². The number of carbonyl (C=O) groups excluding carboxylic acids is 2. The number of hydrogen-bond donors (Lipinski definition) is 1. The van der Waals surface area contributed by atoms with E-state index in [9.17, 15) is 18.0 Å². The maximum Gasteiger partial charge on any atom is 0.264 e. The standard InChI is InChI=1S/C36H39BrClN3O5S/c1-25-11-17-29(18-12-25)41(47(44,45)30-19-20-33(46-5)31(37)22-30)24-34(42)40(23-27-13-15-28(38)16-14-27)32(35(43)39-36(2,3)4)21-26-9-7-6-8-10-26/h6-20,22,32H,21,23-24H2,1-5H3,(H,39,43)/t32-/m1/s1. The molecule has 11 heteroatoms. The van der Waals surface area contributed by atoms with E-state index in [1.807, 2.05) is 58.0 Å². The second-order valence-corrected chi connectivity index (χ2v) is 15.4. The van der Waals surface area contributed by atoms with Crippen LogP contribution in [0.1, 0.15) is 37.5 Å². The van der Waals surface area contributed by atoms with Crippen LogP contribution in [-0.4, -0.2) is 50.4 Å². The fourth-order valence-corrected chi connectivity index (χ4v) is 7.23. The summed E-state index contributed by atoms with van der Waals surface area (Å²) in [6.45, 7) is 6.99. The molecule has 0 aliphatic carbocycles. The molecule has 4 aromatic carbocycles. The number of nitrogens with zero attached hydrogens (tertiary/aromatic N) is 2. The minimum absolute atomic E-state index is 0.0332. The van der Waals surface area contributed by atoms with Crippen LogP contribution in [0.15, 0.2) is 106 Å². The lowest BCUT2D eigenvalue weighted by Gasteiger charge is -2.35. The first-order valence-corrected chi connectivity index (χ1v) is 17.6. The average molecular weight is 741 g/mol. The van der Waals surface area contributed by atoms with E-state index in [0.29, 0.717) is 20.9 Å². The third-order valence-corrected chi connectivity index (χ3v) is 9.99. The van der Waals surface area contributed by atoms with E-state index < -0.39 is 34.1 Å². The first kappa shape index (κ1) is 36.0. The molecule has 1 atom stereocenters. The monoisotopic (exact) mass is 739 g/mol. The number of rotatable bonds is 12. The van der Waals surface area contributed by atoms with Crippen LogP contribution in [0, 0.1) is 6.92 Å². The molecule has 0 saturated carbocycles. The Bertz CT molecular complexity index is 1800. The molecule has 2 amide bonds. The molecule has 47 heavy (non-hydrogen) atoms. The Morgan fingerprint density at radius 3 is 2.13 bits per heavy atom. The lowest BCUT2D eigenvalue weighted by atomic mass is 10.0. The van der Waals surface area contributed by atoms with Gasteiger partial charge in [-0.05, 0) is 97.2 Å². The second-order valence-electron chi connectivity index (χ2n) is 12.2. The van der Waals surface area contributed by atoms with Gasteiger partial charge in [0.2, 0.25) is 11.8 Å². The third kappa shape index (κ3) is 9.59. The molecular formula is C36H39BrClN3O5S. The number of nitrogens with one attached hydrogen (secondary N) is 1. The van der Waals surface area contributed by atoms with Crippen molar-refractivity contribution in [3.63, 3.8) is 0 Å². The van der Waals surface area contributed by atoms with Crippen molar-refractivity contribution in [2.75, 3.05) is 18.0 Å². The van der Waals surface area contributed by atoms with E-state index in [2.05, 4.69) is 21.2 Å². The molecule has 248 valence electrons. The van der Waals surface area contributed by atoms with Crippen molar-refractivity contribution in [3.05, 3.63) is 123 Å². The van der Waals surface area contributed by atoms with Crippen LogP contribution in [0.3, 0.4) is 0 Å². The summed E-state index contributed by atoms with van der Waals surface area (Å²) in [7, 11) is -2.78. The maximum absolute atomic E-state index is 14.6. The number of anilines is 1. The lowest BCUT2D eigenvalue weighted by Crippen LogP contribution is -2.56. The number of amides is 2. The predicted octanol–water partition coefficient (Wildman–Crippen LogP) is 7.17. The van der Waals surface area contributed by atoms with Gasteiger partial charge in [0.25, 0.3) is 10.0 Å². The summed E-state index contributed by atoms with van der Waals surface area (Å²) in [5.74, 6) is -0.446. The van der Waals surface area contributed by atoms with Gasteiger partial charge in [-0.15, -0.1) is 0 Å². The van der Waals surface area contributed by atoms with Crippen molar-refractivity contribution >= 4 is 55.1 Å². The van der Waals surface area contributed by atoms with Crippen LogP contribution in [0.2, 0.25) is 5.02 Å². The molecule has 0 saturated heterocycles. The molecule has 4 rings (SSSR count). The molecule has 0 aliphatic rings. The number of halogens is 2. The van der Waals surface area contributed by atoms with Crippen LogP contribution >= 0.6 is 27.5 Å². The smallest absolute Gasteiger partial charge is 0.264 e. The predicted molar refractivity (Wildman–Crippen MR) is 190 cm³/mol. The molecule has 4 aromatic rings. The normalized spacial score (nSPS) is 12.2. The van der Waals surface area contributed by atoms with Crippen molar-refractivity contribution in [1.29, 1.82) is 0 Å². The van der Waals surface area contributed by atoms with Crippen LogP contribution in [0.5, 0.6) is 5.75 Å². The van der Waals surface area contributed by atoms with Crippen LogP contribution in [-0.2, 0) is 32.6 Å². The Labute approximate surface area is 290 Å². The van der Waals surface area contributed by atoms with E-state index in [-0.39, 0.29) is 23.8 Å². The summed E-state index contributed by atoms with van der Waals surface area (Å²) in [6.07, 6.45) is 0.213. The van der Waals surface area contributed by atoms with Gasteiger partial charge in [0.05, 0.1) is 22.2 Å². The number of carbonyl (C=O) groups is 2. The molecule has 0 radical (unpaired) electrons. The molecule has 0 heterocycles. The molecule has 0 fully saturated rings. The zero-order valence-electron chi connectivity index (χ0n) is 27.0. The number of aryl methyl sites for hydroxylation is 1. The Balaban J connectivity index is 1.82.